The Morgan fingerprint density at radius 2 is 2.28 bits per heavy atom. The zero-order valence-corrected chi connectivity index (χ0v) is 16.4. The van der Waals surface area contributed by atoms with Crippen LogP contribution in [-0.4, -0.2) is 41.4 Å². The number of rotatable bonds is 8. The van der Waals surface area contributed by atoms with Crippen molar-refractivity contribution in [1.29, 1.82) is 5.26 Å². The van der Waals surface area contributed by atoms with Gasteiger partial charge in [-0.2, -0.15) is 5.26 Å². The van der Waals surface area contributed by atoms with Gasteiger partial charge in [0.2, 0.25) is 5.96 Å². The number of likely N-dealkylation sites (tertiary alicyclic amines) is 1. The lowest BCUT2D eigenvalue weighted by atomic mass is 10.0. The minimum absolute atomic E-state index is 0.00882. The molecule has 1 fully saturated rings. The van der Waals surface area contributed by atoms with Crippen molar-refractivity contribution in [1.82, 2.24) is 15.2 Å². The number of pyridine rings is 1. The van der Waals surface area contributed by atoms with Crippen molar-refractivity contribution in [3.63, 3.8) is 0 Å². The predicted molar refractivity (Wildman–Crippen MR) is 110 cm³/mol. The molecule has 3 rings (SSSR count). The number of hydrogen-bond acceptors (Lipinski definition) is 5. The molecule has 0 bridgehead atoms. The number of hydrogen-bond donors (Lipinski definition) is 2. The lowest BCUT2D eigenvalue weighted by molar-refractivity contribution is 0.0755. The van der Waals surface area contributed by atoms with Gasteiger partial charge < -0.3 is 14.6 Å². The van der Waals surface area contributed by atoms with Crippen molar-refractivity contribution >= 4 is 17.6 Å². The van der Waals surface area contributed by atoms with Gasteiger partial charge in [0, 0.05) is 25.8 Å². The highest BCUT2D eigenvalue weighted by Gasteiger charge is 2.27. The summed E-state index contributed by atoms with van der Waals surface area (Å²) in [5.41, 5.74) is 0.781. The maximum absolute atomic E-state index is 12.3. The highest BCUT2D eigenvalue weighted by Crippen LogP contribution is 2.23. The number of aliphatic imine (C=N–C) groups is 1. The lowest BCUT2D eigenvalue weighted by Crippen LogP contribution is -2.28. The highest BCUT2D eigenvalue weighted by molar-refractivity contribution is 5.94. The van der Waals surface area contributed by atoms with Crippen molar-refractivity contribution in [2.75, 3.05) is 25.0 Å². The lowest BCUT2D eigenvalue weighted by Gasteiger charge is -2.15. The Kier molecular flexibility index (Phi) is 7.63. The second-order valence-corrected chi connectivity index (χ2v) is 7.07. The molecule has 1 aliphatic rings. The third kappa shape index (κ3) is 6.35. The van der Waals surface area contributed by atoms with Crippen LogP contribution in [0.2, 0.25) is 0 Å². The van der Waals surface area contributed by atoms with E-state index in [-0.39, 0.29) is 5.91 Å². The molecule has 8 nitrogen and oxygen atoms in total. The van der Waals surface area contributed by atoms with Crippen molar-refractivity contribution < 1.29 is 9.21 Å². The number of nitriles is 1. The normalized spacial score (nSPS) is 16.4. The van der Waals surface area contributed by atoms with Gasteiger partial charge in [0.25, 0.3) is 5.91 Å². The molecule has 2 N–H and O–H groups in total. The molecule has 3 heterocycles. The molecule has 1 amide bonds. The first kappa shape index (κ1) is 20.4. The van der Waals surface area contributed by atoms with Gasteiger partial charge in [-0.05, 0) is 49.4 Å². The monoisotopic (exact) mass is 394 g/mol. The van der Waals surface area contributed by atoms with Gasteiger partial charge in [-0.3, -0.25) is 20.1 Å². The van der Waals surface area contributed by atoms with Crippen LogP contribution in [-0.2, 0) is 0 Å². The largest absolute Gasteiger partial charge is 0.459 e. The summed E-state index contributed by atoms with van der Waals surface area (Å²) in [4.78, 5) is 22.6. The number of nitrogens with one attached hydrogen (secondary N) is 2. The quantitative estimate of drug-likeness (QED) is 0.234. The average molecular weight is 394 g/mol. The van der Waals surface area contributed by atoms with Gasteiger partial charge in [-0.1, -0.05) is 12.8 Å². The van der Waals surface area contributed by atoms with Gasteiger partial charge in [-0.25, -0.2) is 0 Å². The van der Waals surface area contributed by atoms with E-state index in [0.29, 0.717) is 24.2 Å². The van der Waals surface area contributed by atoms with E-state index in [1.54, 1.807) is 24.5 Å². The molecule has 0 saturated carbocycles. The first-order chi connectivity index (χ1) is 14.3. The molecule has 1 atom stereocenters. The Labute approximate surface area is 170 Å². The predicted octanol–water partition coefficient (Wildman–Crippen LogP) is 3.24. The maximum atomic E-state index is 12.3. The number of aromatic nitrogens is 1. The van der Waals surface area contributed by atoms with E-state index < -0.39 is 0 Å². The van der Waals surface area contributed by atoms with E-state index >= 15 is 0 Å². The molecule has 0 aromatic carbocycles. The number of carbonyl (C=O) groups is 1. The fourth-order valence-corrected chi connectivity index (χ4v) is 3.46. The van der Waals surface area contributed by atoms with Crippen molar-refractivity contribution in [3.05, 3.63) is 48.7 Å². The molecule has 1 saturated heterocycles. The smallest absolute Gasteiger partial charge is 0.289 e. The van der Waals surface area contributed by atoms with E-state index in [2.05, 4.69) is 20.6 Å². The second kappa shape index (κ2) is 10.9. The molecule has 8 heteroatoms. The van der Waals surface area contributed by atoms with Crippen molar-refractivity contribution in [3.8, 4) is 6.19 Å². The summed E-state index contributed by atoms with van der Waals surface area (Å²) >= 11 is 0. The van der Waals surface area contributed by atoms with Crippen LogP contribution in [0.5, 0.6) is 0 Å². The first-order valence-electron chi connectivity index (χ1n) is 9.95. The van der Waals surface area contributed by atoms with Crippen molar-refractivity contribution in [2.45, 2.75) is 32.1 Å². The second-order valence-electron chi connectivity index (χ2n) is 7.07. The van der Waals surface area contributed by atoms with Crippen molar-refractivity contribution in [2.24, 2.45) is 10.9 Å². The molecule has 2 aromatic heterocycles. The molecule has 152 valence electrons. The summed E-state index contributed by atoms with van der Waals surface area (Å²) in [7, 11) is 0. The molecular weight excluding hydrogens is 368 g/mol. The number of guanidine groups is 1. The zero-order chi connectivity index (χ0) is 20.3. The van der Waals surface area contributed by atoms with Gasteiger partial charge in [0.1, 0.15) is 0 Å². The fraction of sp³-hybridized carbons (Fsp3) is 0.429. The summed E-state index contributed by atoms with van der Waals surface area (Å²) in [5.74, 6) is 1.40. The topological polar surface area (TPSA) is 107 Å². The highest BCUT2D eigenvalue weighted by atomic mass is 16.3. The minimum atomic E-state index is -0.00882. The molecule has 1 aliphatic heterocycles. The van der Waals surface area contributed by atoms with Crippen LogP contribution in [0.15, 0.2) is 52.3 Å². The molecule has 29 heavy (non-hydrogen) atoms. The number of anilines is 1. The first-order valence-corrected chi connectivity index (χ1v) is 9.95. The maximum Gasteiger partial charge on any atom is 0.289 e. The summed E-state index contributed by atoms with van der Waals surface area (Å²) in [5, 5.41) is 14.5. The van der Waals surface area contributed by atoms with E-state index in [1.807, 2.05) is 23.2 Å². The standard InChI is InChI=1S/C21H26N6O2/c22-16-25-21(26-18-7-4-10-23-14-18)24-11-3-1-2-6-17-9-12-27(15-17)20(28)19-8-5-13-29-19/h4-5,7-8,10,13-14,17H,1-3,6,9,11-12,15H2,(H2,24,25,26). The third-order valence-electron chi connectivity index (χ3n) is 4.94. The van der Waals surface area contributed by atoms with E-state index in [9.17, 15) is 4.79 Å². The number of carbonyl (C=O) groups excluding carboxylic acids is 1. The van der Waals surface area contributed by atoms with Crippen LogP contribution in [0.4, 0.5) is 5.69 Å². The molecule has 1 unspecified atom stereocenters. The average Bonchev–Trinajstić information content (AvgIpc) is 3.43. The van der Waals surface area contributed by atoms with Gasteiger partial charge in [0.05, 0.1) is 18.1 Å². The Morgan fingerprint density at radius 1 is 1.34 bits per heavy atom. The van der Waals surface area contributed by atoms with Gasteiger partial charge >= 0.3 is 0 Å². The van der Waals surface area contributed by atoms with Gasteiger partial charge in [-0.15, -0.1) is 0 Å². The summed E-state index contributed by atoms with van der Waals surface area (Å²) in [6, 6.07) is 7.14. The van der Waals surface area contributed by atoms with E-state index in [1.165, 1.54) is 6.26 Å². The third-order valence-corrected chi connectivity index (χ3v) is 4.94. The molecular formula is C21H26N6O2. The number of nitrogens with zero attached hydrogens (tertiary/aromatic N) is 4. The van der Waals surface area contributed by atoms with Crippen LogP contribution in [0, 0.1) is 17.4 Å². The number of furan rings is 1. The molecule has 0 aliphatic carbocycles. The number of amides is 1. The zero-order valence-electron chi connectivity index (χ0n) is 16.4. The SMILES string of the molecule is N#CNC(=NCCCCCC1CCN(C(=O)c2ccco2)C1)Nc1cccnc1. The van der Waals surface area contributed by atoms with E-state index in [4.69, 9.17) is 9.68 Å². The van der Waals surface area contributed by atoms with Crippen LogP contribution in [0.3, 0.4) is 0 Å². The fourth-order valence-electron chi connectivity index (χ4n) is 3.46. The van der Waals surface area contributed by atoms with Crippen LogP contribution >= 0.6 is 0 Å². The Bertz CT molecular complexity index is 829. The molecule has 0 spiro atoms. The summed E-state index contributed by atoms with van der Waals surface area (Å²) in [6.45, 7) is 2.26. The Hall–Kier alpha value is -3.34. The Balaban J connectivity index is 1.32. The molecule has 0 radical (unpaired) electrons. The van der Waals surface area contributed by atoms with E-state index in [0.717, 1.165) is 50.9 Å². The van der Waals surface area contributed by atoms with Crippen LogP contribution in [0.1, 0.15) is 42.7 Å². The number of unbranched alkanes of at least 4 members (excludes halogenated alkanes) is 2. The van der Waals surface area contributed by atoms with Crippen LogP contribution < -0.4 is 10.6 Å². The molecule has 2 aromatic rings. The summed E-state index contributed by atoms with van der Waals surface area (Å²) < 4.78 is 5.21. The van der Waals surface area contributed by atoms with Gasteiger partial charge in [0.15, 0.2) is 12.0 Å². The minimum Gasteiger partial charge on any atom is -0.459 e. The Morgan fingerprint density at radius 3 is 3.03 bits per heavy atom. The summed E-state index contributed by atoms with van der Waals surface area (Å²) in [6.07, 6.45) is 12.1. The van der Waals surface area contributed by atoms with Crippen LogP contribution in [0.25, 0.3) is 0 Å².